The molecule has 12 heavy (non-hydrogen) atoms. The highest BCUT2D eigenvalue weighted by atomic mass is 16.5. The molecule has 1 atom stereocenters. The molecule has 0 aromatic heterocycles. The fourth-order valence-electron chi connectivity index (χ4n) is 0.660. The van der Waals surface area contributed by atoms with Gasteiger partial charge >= 0.3 is 5.97 Å². The van der Waals surface area contributed by atoms with Crippen molar-refractivity contribution in [3.8, 4) is 0 Å². The molecule has 0 amide bonds. The van der Waals surface area contributed by atoms with Crippen molar-refractivity contribution in [1.29, 1.82) is 0 Å². The Labute approximate surface area is 73.1 Å². The normalized spacial score (nSPS) is 12.2. The Morgan fingerprint density at radius 3 is 2.42 bits per heavy atom. The van der Waals surface area contributed by atoms with Gasteiger partial charge in [-0.2, -0.15) is 0 Å². The van der Waals surface area contributed by atoms with E-state index in [0.717, 1.165) is 12.8 Å². The van der Waals surface area contributed by atoms with Crippen molar-refractivity contribution in [3.05, 3.63) is 0 Å². The summed E-state index contributed by atoms with van der Waals surface area (Å²) in [5.74, 6) is -0.389. The van der Waals surface area contributed by atoms with Crippen LogP contribution in [0.1, 0.15) is 40.0 Å². The molecule has 0 aromatic carbocycles. The van der Waals surface area contributed by atoms with Crippen LogP contribution in [0.4, 0.5) is 0 Å². The predicted octanol–water partition coefficient (Wildman–Crippen LogP) is 1.70. The minimum atomic E-state index is -0.589. The summed E-state index contributed by atoms with van der Waals surface area (Å²) >= 11 is 0. The van der Waals surface area contributed by atoms with Gasteiger partial charge in [0.1, 0.15) is 0 Å². The molecular weight excluding hydrogens is 156 g/mol. The van der Waals surface area contributed by atoms with E-state index in [0.29, 0.717) is 6.42 Å². The Morgan fingerprint density at radius 1 is 1.42 bits per heavy atom. The quantitative estimate of drug-likeness (QED) is 0.593. The fraction of sp³-hybridized carbons (Fsp3) is 0.778. The first-order valence-electron chi connectivity index (χ1n) is 4.27. The van der Waals surface area contributed by atoms with Gasteiger partial charge in [-0.3, -0.25) is 9.59 Å². The van der Waals surface area contributed by atoms with E-state index in [1.54, 1.807) is 6.92 Å². The van der Waals surface area contributed by atoms with Gasteiger partial charge in [-0.1, -0.05) is 13.3 Å². The highest BCUT2D eigenvalue weighted by molar-refractivity contribution is 5.83. The summed E-state index contributed by atoms with van der Waals surface area (Å²) < 4.78 is 4.83. The number of rotatable bonds is 5. The highest BCUT2D eigenvalue weighted by Gasteiger charge is 2.12. The van der Waals surface area contributed by atoms with Gasteiger partial charge in [0, 0.05) is 6.42 Å². The number of ketones is 1. The van der Waals surface area contributed by atoms with Gasteiger partial charge in [0.15, 0.2) is 11.9 Å². The summed E-state index contributed by atoms with van der Waals surface area (Å²) in [6.07, 6.45) is 1.61. The van der Waals surface area contributed by atoms with Gasteiger partial charge in [0.2, 0.25) is 0 Å². The molecule has 0 N–H and O–H groups in total. The summed E-state index contributed by atoms with van der Waals surface area (Å²) in [6.45, 7) is 5.01. The van der Waals surface area contributed by atoms with Gasteiger partial charge in [-0.15, -0.1) is 0 Å². The minimum Gasteiger partial charge on any atom is -0.455 e. The second kappa shape index (κ2) is 5.75. The van der Waals surface area contributed by atoms with Crippen LogP contribution in [-0.4, -0.2) is 17.9 Å². The Kier molecular flexibility index (Phi) is 5.34. The second-order valence-corrected chi connectivity index (χ2v) is 2.85. The van der Waals surface area contributed by atoms with Crippen LogP contribution in [0.25, 0.3) is 0 Å². The molecule has 0 radical (unpaired) electrons. The van der Waals surface area contributed by atoms with E-state index in [9.17, 15) is 9.59 Å². The van der Waals surface area contributed by atoms with Crippen molar-refractivity contribution in [3.63, 3.8) is 0 Å². The number of esters is 1. The Hall–Kier alpha value is -0.860. The lowest BCUT2D eigenvalue weighted by Gasteiger charge is -2.08. The van der Waals surface area contributed by atoms with Crippen LogP contribution in [-0.2, 0) is 14.3 Å². The van der Waals surface area contributed by atoms with Crippen LogP contribution in [0.5, 0.6) is 0 Å². The Morgan fingerprint density at radius 2 is 2.00 bits per heavy atom. The lowest BCUT2D eigenvalue weighted by atomic mass is 10.2. The minimum absolute atomic E-state index is 0.111. The molecule has 0 bridgehead atoms. The summed E-state index contributed by atoms with van der Waals surface area (Å²) in [5.41, 5.74) is 0. The van der Waals surface area contributed by atoms with Crippen LogP contribution in [0.15, 0.2) is 0 Å². The number of unbranched alkanes of at least 4 members (excludes halogenated alkanes) is 1. The fourth-order valence-corrected chi connectivity index (χ4v) is 0.660. The number of carbonyl (C=O) groups is 2. The highest BCUT2D eigenvalue weighted by Crippen LogP contribution is 2.00. The smallest absolute Gasteiger partial charge is 0.306 e. The molecule has 0 saturated heterocycles. The Balaban J connectivity index is 3.61. The maximum absolute atomic E-state index is 10.9. The molecule has 0 aromatic rings. The van der Waals surface area contributed by atoms with Crippen molar-refractivity contribution in [2.75, 3.05) is 0 Å². The van der Waals surface area contributed by atoms with Crippen LogP contribution < -0.4 is 0 Å². The van der Waals surface area contributed by atoms with Crippen molar-refractivity contribution in [2.24, 2.45) is 0 Å². The molecular formula is C9H16O3. The summed E-state index contributed by atoms with van der Waals surface area (Å²) in [7, 11) is 0. The largest absolute Gasteiger partial charge is 0.455 e. The van der Waals surface area contributed by atoms with E-state index in [2.05, 4.69) is 0 Å². The number of hydrogen-bond donors (Lipinski definition) is 0. The van der Waals surface area contributed by atoms with Crippen molar-refractivity contribution >= 4 is 11.8 Å². The molecule has 0 rings (SSSR count). The van der Waals surface area contributed by atoms with E-state index in [4.69, 9.17) is 4.74 Å². The van der Waals surface area contributed by atoms with Gasteiger partial charge in [0.25, 0.3) is 0 Å². The van der Waals surface area contributed by atoms with Crippen molar-refractivity contribution in [1.82, 2.24) is 0 Å². The zero-order chi connectivity index (χ0) is 9.56. The summed E-state index contributed by atoms with van der Waals surface area (Å²) in [5, 5.41) is 0. The van der Waals surface area contributed by atoms with Crippen molar-refractivity contribution < 1.29 is 14.3 Å². The van der Waals surface area contributed by atoms with E-state index in [1.165, 1.54) is 6.92 Å². The first-order chi connectivity index (χ1) is 5.57. The zero-order valence-electron chi connectivity index (χ0n) is 7.92. The predicted molar refractivity (Wildman–Crippen MR) is 45.8 cm³/mol. The van der Waals surface area contributed by atoms with Gasteiger partial charge in [-0.25, -0.2) is 0 Å². The lowest BCUT2D eigenvalue weighted by molar-refractivity contribution is -0.153. The first-order valence-corrected chi connectivity index (χ1v) is 4.27. The third-order valence-electron chi connectivity index (χ3n) is 1.62. The number of Topliss-reactive ketones (excluding diaryl/α,β-unsaturated/α-hetero) is 1. The number of hydrogen-bond acceptors (Lipinski definition) is 3. The molecule has 0 aliphatic rings. The van der Waals surface area contributed by atoms with E-state index >= 15 is 0 Å². The van der Waals surface area contributed by atoms with Gasteiger partial charge in [0.05, 0.1) is 0 Å². The average Bonchev–Trinajstić information content (AvgIpc) is 2.00. The zero-order valence-corrected chi connectivity index (χ0v) is 7.92. The molecule has 0 fully saturated rings. The lowest BCUT2D eigenvalue weighted by Crippen LogP contribution is -2.21. The molecule has 0 spiro atoms. The first kappa shape index (κ1) is 11.1. The van der Waals surface area contributed by atoms with E-state index in [1.807, 2.05) is 6.92 Å². The topological polar surface area (TPSA) is 43.4 Å². The molecule has 70 valence electrons. The van der Waals surface area contributed by atoms with E-state index in [-0.39, 0.29) is 11.8 Å². The summed E-state index contributed by atoms with van der Waals surface area (Å²) in [6, 6.07) is 0. The van der Waals surface area contributed by atoms with E-state index < -0.39 is 6.10 Å². The third-order valence-corrected chi connectivity index (χ3v) is 1.62. The molecule has 3 heteroatoms. The van der Waals surface area contributed by atoms with Crippen LogP contribution >= 0.6 is 0 Å². The van der Waals surface area contributed by atoms with Crippen LogP contribution in [0.2, 0.25) is 0 Å². The molecule has 0 heterocycles. The molecule has 0 aliphatic heterocycles. The number of carbonyl (C=O) groups excluding carboxylic acids is 2. The maximum atomic E-state index is 10.9. The number of ether oxygens (including phenoxy) is 1. The SMILES string of the molecule is CCCCC(=O)OC(C)C(C)=O. The third kappa shape index (κ3) is 4.88. The molecule has 0 aliphatic carbocycles. The van der Waals surface area contributed by atoms with Gasteiger partial charge in [-0.05, 0) is 20.3 Å². The molecule has 3 nitrogen and oxygen atoms in total. The Bertz CT molecular complexity index is 163. The monoisotopic (exact) mass is 172 g/mol. The average molecular weight is 172 g/mol. The van der Waals surface area contributed by atoms with Gasteiger partial charge < -0.3 is 4.74 Å². The molecule has 1 unspecified atom stereocenters. The standard InChI is InChI=1S/C9H16O3/c1-4-5-6-9(11)12-8(3)7(2)10/h8H,4-6H2,1-3H3. The summed E-state index contributed by atoms with van der Waals surface area (Å²) in [4.78, 5) is 21.6. The maximum Gasteiger partial charge on any atom is 0.306 e. The van der Waals surface area contributed by atoms with Crippen LogP contribution in [0.3, 0.4) is 0 Å². The van der Waals surface area contributed by atoms with Crippen LogP contribution in [0, 0.1) is 0 Å². The second-order valence-electron chi connectivity index (χ2n) is 2.85. The van der Waals surface area contributed by atoms with Crippen molar-refractivity contribution in [2.45, 2.75) is 46.1 Å². The molecule has 0 saturated carbocycles.